The highest BCUT2D eigenvalue weighted by Gasteiger charge is 2.28. The van der Waals surface area contributed by atoms with Crippen LogP contribution >= 0.6 is 0 Å². The van der Waals surface area contributed by atoms with E-state index in [4.69, 9.17) is 9.47 Å². The number of amides is 2. The van der Waals surface area contributed by atoms with Crippen molar-refractivity contribution in [3.63, 3.8) is 0 Å². The molecule has 11 heteroatoms. The molecular weight excluding hydrogens is 412 g/mol. The topological polar surface area (TPSA) is 127 Å². The van der Waals surface area contributed by atoms with Crippen molar-refractivity contribution in [3.05, 3.63) is 48.3 Å². The molecule has 1 saturated heterocycles. The van der Waals surface area contributed by atoms with Gasteiger partial charge in [-0.05, 0) is 30.3 Å². The fourth-order valence-electron chi connectivity index (χ4n) is 2.86. The van der Waals surface area contributed by atoms with Gasteiger partial charge in [0.25, 0.3) is 5.91 Å². The van der Waals surface area contributed by atoms with Crippen molar-refractivity contribution in [2.75, 3.05) is 45.3 Å². The second-order valence-electron chi connectivity index (χ2n) is 6.35. The Labute approximate surface area is 174 Å². The van der Waals surface area contributed by atoms with Gasteiger partial charge in [0, 0.05) is 19.3 Å². The molecule has 2 amide bonds. The van der Waals surface area contributed by atoms with Crippen LogP contribution in [0.5, 0.6) is 5.75 Å². The van der Waals surface area contributed by atoms with E-state index in [0.717, 1.165) is 0 Å². The van der Waals surface area contributed by atoms with Gasteiger partial charge in [-0.25, -0.2) is 8.42 Å². The highest BCUT2D eigenvalue weighted by molar-refractivity contribution is 7.89. The van der Waals surface area contributed by atoms with Crippen LogP contribution in [-0.4, -0.2) is 69.5 Å². The number of carbonyl (C=O) groups excluding carboxylic acids is 2. The quantitative estimate of drug-likeness (QED) is 0.649. The molecule has 1 aromatic heterocycles. The summed E-state index contributed by atoms with van der Waals surface area (Å²) in [6.45, 7) is 0.801. The fourth-order valence-corrected chi connectivity index (χ4v) is 4.29. The Kier molecular flexibility index (Phi) is 6.98. The first kappa shape index (κ1) is 21.7. The molecule has 0 atom stereocenters. The molecule has 1 aliphatic heterocycles. The van der Waals surface area contributed by atoms with Gasteiger partial charge in [0.1, 0.15) is 5.75 Å². The number of sulfonamides is 1. The first-order valence-electron chi connectivity index (χ1n) is 9.16. The number of hydrogen-bond donors (Lipinski definition) is 2. The lowest BCUT2D eigenvalue weighted by Gasteiger charge is -2.26. The summed E-state index contributed by atoms with van der Waals surface area (Å²) in [6, 6.07) is 7.38. The van der Waals surface area contributed by atoms with Gasteiger partial charge in [-0.3, -0.25) is 14.6 Å². The smallest absolute Gasteiger partial charge is 0.255 e. The molecule has 0 saturated carbocycles. The Hall–Kier alpha value is -3.02. The average Bonchev–Trinajstić information content (AvgIpc) is 2.78. The minimum absolute atomic E-state index is 0.0148. The van der Waals surface area contributed by atoms with E-state index in [-0.39, 0.29) is 35.8 Å². The van der Waals surface area contributed by atoms with Gasteiger partial charge in [-0.1, -0.05) is 0 Å². The Balaban J connectivity index is 1.73. The summed E-state index contributed by atoms with van der Waals surface area (Å²) in [7, 11) is -2.41. The van der Waals surface area contributed by atoms with Crippen molar-refractivity contribution in [3.8, 4) is 5.75 Å². The number of aromatic nitrogens is 1. The molecule has 1 aromatic carbocycles. The van der Waals surface area contributed by atoms with Crippen LogP contribution in [0, 0.1) is 0 Å². The number of nitrogens with zero attached hydrogens (tertiary/aromatic N) is 2. The Morgan fingerprint density at radius 1 is 1.23 bits per heavy atom. The van der Waals surface area contributed by atoms with Gasteiger partial charge in [0.05, 0.1) is 49.2 Å². The number of ether oxygens (including phenoxy) is 2. The largest absolute Gasteiger partial charge is 0.496 e. The molecule has 160 valence electrons. The number of nitrogens with one attached hydrogen (secondary N) is 2. The predicted octanol–water partition coefficient (Wildman–Crippen LogP) is 0.480. The third-order valence-corrected chi connectivity index (χ3v) is 6.27. The number of benzene rings is 1. The summed E-state index contributed by atoms with van der Waals surface area (Å²) in [6.07, 6.45) is 3.05. The average molecular weight is 434 g/mol. The van der Waals surface area contributed by atoms with Crippen LogP contribution < -0.4 is 15.4 Å². The Morgan fingerprint density at radius 3 is 2.67 bits per heavy atom. The van der Waals surface area contributed by atoms with Crippen LogP contribution in [-0.2, 0) is 19.6 Å². The van der Waals surface area contributed by atoms with E-state index < -0.39 is 21.8 Å². The van der Waals surface area contributed by atoms with E-state index in [1.54, 1.807) is 18.3 Å². The molecule has 3 rings (SSSR count). The highest BCUT2D eigenvalue weighted by Crippen LogP contribution is 2.25. The fraction of sp³-hybridized carbons (Fsp3) is 0.316. The van der Waals surface area contributed by atoms with Gasteiger partial charge < -0.3 is 20.1 Å². The molecule has 1 fully saturated rings. The third kappa shape index (κ3) is 5.12. The molecule has 2 N–H and O–H groups in total. The van der Waals surface area contributed by atoms with Gasteiger partial charge in [0.2, 0.25) is 15.9 Å². The van der Waals surface area contributed by atoms with Gasteiger partial charge in [-0.15, -0.1) is 0 Å². The maximum Gasteiger partial charge on any atom is 0.255 e. The van der Waals surface area contributed by atoms with E-state index in [9.17, 15) is 18.0 Å². The van der Waals surface area contributed by atoms with Crippen LogP contribution in [0.1, 0.15) is 10.4 Å². The molecule has 30 heavy (non-hydrogen) atoms. The zero-order valence-electron chi connectivity index (χ0n) is 16.3. The molecule has 1 aliphatic rings. The minimum Gasteiger partial charge on any atom is -0.496 e. The second kappa shape index (κ2) is 9.65. The molecule has 2 aromatic rings. The zero-order chi connectivity index (χ0) is 21.6. The summed E-state index contributed by atoms with van der Waals surface area (Å²) in [5.41, 5.74) is 0.508. The first-order chi connectivity index (χ1) is 14.4. The van der Waals surface area contributed by atoms with Crippen LogP contribution in [0.4, 0.5) is 5.69 Å². The van der Waals surface area contributed by atoms with Crippen LogP contribution in [0.2, 0.25) is 0 Å². The van der Waals surface area contributed by atoms with Crippen LogP contribution in [0.25, 0.3) is 0 Å². The van der Waals surface area contributed by atoms with Crippen molar-refractivity contribution in [1.29, 1.82) is 0 Å². The third-order valence-electron chi connectivity index (χ3n) is 4.38. The first-order valence-corrected chi connectivity index (χ1v) is 10.6. The summed E-state index contributed by atoms with van der Waals surface area (Å²) in [5.74, 6) is -0.888. The minimum atomic E-state index is -3.78. The van der Waals surface area contributed by atoms with Gasteiger partial charge >= 0.3 is 0 Å². The molecule has 10 nitrogen and oxygen atoms in total. The van der Waals surface area contributed by atoms with Crippen molar-refractivity contribution < 1.29 is 27.5 Å². The van der Waals surface area contributed by atoms with E-state index in [0.29, 0.717) is 18.9 Å². The lowest BCUT2D eigenvalue weighted by atomic mass is 10.2. The number of methoxy groups -OCH3 is 1. The number of hydrogen-bond acceptors (Lipinski definition) is 7. The monoisotopic (exact) mass is 434 g/mol. The summed E-state index contributed by atoms with van der Waals surface area (Å²) >= 11 is 0. The van der Waals surface area contributed by atoms with Gasteiger partial charge in [0.15, 0.2) is 0 Å². The maximum atomic E-state index is 12.9. The van der Waals surface area contributed by atoms with Crippen molar-refractivity contribution in [1.82, 2.24) is 14.6 Å². The summed E-state index contributed by atoms with van der Waals surface area (Å²) in [5, 5.41) is 5.07. The molecule has 0 spiro atoms. The normalized spacial score (nSPS) is 14.7. The number of rotatable bonds is 7. The summed E-state index contributed by atoms with van der Waals surface area (Å²) in [4.78, 5) is 28.5. The van der Waals surface area contributed by atoms with Crippen molar-refractivity contribution >= 4 is 27.5 Å². The van der Waals surface area contributed by atoms with Gasteiger partial charge in [-0.2, -0.15) is 4.31 Å². The Bertz CT molecular complexity index is 1010. The molecule has 0 aliphatic carbocycles. The lowest BCUT2D eigenvalue weighted by molar-refractivity contribution is -0.115. The van der Waals surface area contributed by atoms with E-state index in [1.807, 2.05) is 0 Å². The summed E-state index contributed by atoms with van der Waals surface area (Å²) < 4.78 is 37.4. The number of pyridine rings is 1. The number of anilines is 1. The highest BCUT2D eigenvalue weighted by atomic mass is 32.2. The molecule has 2 heterocycles. The Morgan fingerprint density at radius 2 is 2.00 bits per heavy atom. The second-order valence-corrected chi connectivity index (χ2v) is 8.29. The predicted molar refractivity (Wildman–Crippen MR) is 108 cm³/mol. The molecule has 0 unspecified atom stereocenters. The lowest BCUT2D eigenvalue weighted by Crippen LogP contribution is -2.40. The molecule has 0 bridgehead atoms. The van der Waals surface area contributed by atoms with E-state index >= 15 is 0 Å². The number of morpholine rings is 1. The molecular formula is C19H22N4O6S. The van der Waals surface area contributed by atoms with E-state index in [2.05, 4.69) is 15.6 Å². The maximum absolute atomic E-state index is 12.9. The number of carbonyl (C=O) groups is 2. The van der Waals surface area contributed by atoms with Crippen LogP contribution in [0.15, 0.2) is 47.6 Å². The zero-order valence-corrected chi connectivity index (χ0v) is 17.1. The van der Waals surface area contributed by atoms with Crippen molar-refractivity contribution in [2.24, 2.45) is 0 Å². The van der Waals surface area contributed by atoms with E-state index in [1.165, 1.54) is 35.8 Å². The SMILES string of the molecule is COc1ccc(S(=O)(=O)N2CCOCC2)cc1C(=O)NCC(=O)Nc1cccnc1. The molecule has 0 radical (unpaired) electrons. The standard InChI is InChI=1S/C19H22N4O6S/c1-28-17-5-4-15(30(26,27)23-7-9-29-10-8-23)11-16(17)19(25)21-13-18(24)22-14-3-2-6-20-12-14/h2-6,11-12H,7-10,13H2,1H3,(H,21,25)(H,22,24). The van der Waals surface area contributed by atoms with Crippen molar-refractivity contribution in [2.45, 2.75) is 4.90 Å². The van der Waals surface area contributed by atoms with Crippen LogP contribution in [0.3, 0.4) is 0 Å².